The standard InChI is InChI=1S/C11H15NO3.ClH/c1-7-9(11(13)14)12-10(15-7)8-5-3-2-4-6-8;/h8H,2-6H2,1H3,(H,13,14);1H. The molecule has 0 unspecified atom stereocenters. The predicted molar refractivity (Wildman–Crippen MR) is 61.3 cm³/mol. The Morgan fingerprint density at radius 3 is 2.50 bits per heavy atom. The number of carboxylic acid groups (broad SMARTS) is 1. The summed E-state index contributed by atoms with van der Waals surface area (Å²) < 4.78 is 5.42. The summed E-state index contributed by atoms with van der Waals surface area (Å²) >= 11 is 0. The molecule has 1 heterocycles. The largest absolute Gasteiger partial charge is 0.476 e. The molecule has 1 aliphatic rings. The van der Waals surface area contributed by atoms with Gasteiger partial charge >= 0.3 is 5.97 Å². The highest BCUT2D eigenvalue weighted by Gasteiger charge is 2.23. The van der Waals surface area contributed by atoms with Gasteiger partial charge in [-0.2, -0.15) is 0 Å². The molecule has 0 saturated heterocycles. The lowest BCUT2D eigenvalue weighted by molar-refractivity contribution is 0.0689. The first-order valence-electron chi connectivity index (χ1n) is 5.39. The zero-order valence-corrected chi connectivity index (χ0v) is 10.0. The molecule has 1 saturated carbocycles. The lowest BCUT2D eigenvalue weighted by Gasteiger charge is -2.17. The van der Waals surface area contributed by atoms with E-state index in [4.69, 9.17) is 9.52 Å². The van der Waals surface area contributed by atoms with Crippen LogP contribution in [0.4, 0.5) is 0 Å². The maximum absolute atomic E-state index is 10.8. The summed E-state index contributed by atoms with van der Waals surface area (Å²) in [5.41, 5.74) is 0.0653. The van der Waals surface area contributed by atoms with Crippen LogP contribution in [-0.4, -0.2) is 16.1 Å². The van der Waals surface area contributed by atoms with E-state index in [-0.39, 0.29) is 18.1 Å². The van der Waals surface area contributed by atoms with Crippen LogP contribution in [0.25, 0.3) is 0 Å². The summed E-state index contributed by atoms with van der Waals surface area (Å²) in [7, 11) is 0. The number of halogens is 1. The summed E-state index contributed by atoms with van der Waals surface area (Å²) in [5.74, 6) is 0.358. The third-order valence-corrected chi connectivity index (χ3v) is 2.97. The number of hydrogen-bond acceptors (Lipinski definition) is 3. The monoisotopic (exact) mass is 245 g/mol. The molecule has 2 rings (SSSR count). The fraction of sp³-hybridized carbons (Fsp3) is 0.636. The molecule has 1 aromatic heterocycles. The molecule has 0 aromatic carbocycles. The number of hydrogen-bond donors (Lipinski definition) is 1. The number of carboxylic acids is 1. The number of rotatable bonds is 2. The topological polar surface area (TPSA) is 63.3 Å². The molecular formula is C11H16ClNO3. The maximum Gasteiger partial charge on any atom is 0.358 e. The Labute approximate surface area is 100 Å². The maximum atomic E-state index is 10.8. The number of carbonyl (C=O) groups is 1. The Morgan fingerprint density at radius 1 is 1.38 bits per heavy atom. The van der Waals surface area contributed by atoms with Crippen molar-refractivity contribution < 1.29 is 14.3 Å². The van der Waals surface area contributed by atoms with Gasteiger partial charge in [-0.25, -0.2) is 9.78 Å². The van der Waals surface area contributed by atoms with Gasteiger partial charge in [-0.15, -0.1) is 12.4 Å². The van der Waals surface area contributed by atoms with Crippen LogP contribution in [0.2, 0.25) is 0 Å². The van der Waals surface area contributed by atoms with Crippen LogP contribution in [0.3, 0.4) is 0 Å². The molecule has 0 aliphatic heterocycles. The van der Waals surface area contributed by atoms with Crippen molar-refractivity contribution in [2.75, 3.05) is 0 Å². The fourth-order valence-corrected chi connectivity index (χ4v) is 2.14. The van der Waals surface area contributed by atoms with Gasteiger partial charge in [0.05, 0.1) is 0 Å². The number of aromatic nitrogens is 1. The quantitative estimate of drug-likeness (QED) is 0.869. The van der Waals surface area contributed by atoms with E-state index in [1.54, 1.807) is 6.92 Å². The van der Waals surface area contributed by atoms with Crippen LogP contribution in [-0.2, 0) is 0 Å². The zero-order chi connectivity index (χ0) is 10.8. The van der Waals surface area contributed by atoms with Crippen LogP contribution in [0, 0.1) is 6.92 Å². The second kappa shape index (κ2) is 5.34. The SMILES string of the molecule is Cc1oc(C2CCCCC2)nc1C(=O)O.Cl. The summed E-state index contributed by atoms with van der Waals surface area (Å²) in [4.78, 5) is 14.9. The molecule has 1 aliphatic carbocycles. The average molecular weight is 246 g/mol. The van der Waals surface area contributed by atoms with Gasteiger partial charge in [-0.05, 0) is 19.8 Å². The van der Waals surface area contributed by atoms with Crippen molar-refractivity contribution in [3.8, 4) is 0 Å². The number of aromatic carboxylic acids is 1. The van der Waals surface area contributed by atoms with Gasteiger partial charge in [-0.1, -0.05) is 19.3 Å². The first-order valence-corrected chi connectivity index (χ1v) is 5.39. The zero-order valence-electron chi connectivity index (χ0n) is 9.23. The van der Waals surface area contributed by atoms with Gasteiger partial charge in [0.25, 0.3) is 0 Å². The molecule has 5 heteroatoms. The molecule has 0 spiro atoms. The Bertz CT molecular complexity index is 369. The summed E-state index contributed by atoms with van der Waals surface area (Å²) in [6.45, 7) is 1.66. The molecular weight excluding hydrogens is 230 g/mol. The van der Waals surface area contributed by atoms with Gasteiger partial charge in [0.2, 0.25) is 0 Å². The van der Waals surface area contributed by atoms with E-state index in [0.29, 0.717) is 17.6 Å². The Kier molecular flexibility index (Phi) is 4.35. The minimum atomic E-state index is -1.00. The van der Waals surface area contributed by atoms with Gasteiger partial charge in [-0.3, -0.25) is 0 Å². The Morgan fingerprint density at radius 2 is 2.00 bits per heavy atom. The van der Waals surface area contributed by atoms with E-state index in [2.05, 4.69) is 4.98 Å². The molecule has 0 atom stereocenters. The van der Waals surface area contributed by atoms with E-state index in [1.807, 2.05) is 0 Å². The van der Waals surface area contributed by atoms with Crippen molar-refractivity contribution in [1.82, 2.24) is 4.98 Å². The van der Waals surface area contributed by atoms with Crippen LogP contribution in [0.1, 0.15) is 60.2 Å². The predicted octanol–water partition coefficient (Wildman–Crippen LogP) is 3.15. The summed E-state index contributed by atoms with van der Waals surface area (Å²) in [5, 5.41) is 8.85. The molecule has 1 fully saturated rings. The second-order valence-electron chi connectivity index (χ2n) is 4.10. The summed E-state index contributed by atoms with van der Waals surface area (Å²) in [6.07, 6.45) is 5.78. The van der Waals surface area contributed by atoms with Crippen molar-refractivity contribution in [3.05, 3.63) is 17.3 Å². The van der Waals surface area contributed by atoms with Crippen LogP contribution < -0.4 is 0 Å². The Hall–Kier alpha value is -1.03. The molecule has 0 bridgehead atoms. The van der Waals surface area contributed by atoms with Crippen LogP contribution in [0.15, 0.2) is 4.42 Å². The highest BCUT2D eigenvalue weighted by molar-refractivity contribution is 5.86. The van der Waals surface area contributed by atoms with Gasteiger partial charge < -0.3 is 9.52 Å². The van der Waals surface area contributed by atoms with E-state index >= 15 is 0 Å². The first kappa shape index (κ1) is 13.0. The molecule has 4 nitrogen and oxygen atoms in total. The molecule has 90 valence electrons. The van der Waals surface area contributed by atoms with E-state index in [0.717, 1.165) is 12.8 Å². The highest BCUT2D eigenvalue weighted by Crippen LogP contribution is 2.32. The van der Waals surface area contributed by atoms with Crippen molar-refractivity contribution in [2.24, 2.45) is 0 Å². The van der Waals surface area contributed by atoms with E-state index < -0.39 is 5.97 Å². The molecule has 1 N–H and O–H groups in total. The van der Waals surface area contributed by atoms with E-state index in [9.17, 15) is 4.79 Å². The number of nitrogens with zero attached hydrogens (tertiary/aromatic N) is 1. The lowest BCUT2D eigenvalue weighted by atomic mass is 9.89. The smallest absolute Gasteiger partial charge is 0.358 e. The third kappa shape index (κ3) is 2.55. The lowest BCUT2D eigenvalue weighted by Crippen LogP contribution is -2.05. The minimum absolute atomic E-state index is 0. The minimum Gasteiger partial charge on any atom is -0.476 e. The number of aryl methyl sites for hydroxylation is 1. The third-order valence-electron chi connectivity index (χ3n) is 2.97. The van der Waals surface area contributed by atoms with Crippen molar-refractivity contribution in [1.29, 1.82) is 0 Å². The van der Waals surface area contributed by atoms with Crippen LogP contribution >= 0.6 is 12.4 Å². The first-order chi connectivity index (χ1) is 7.18. The molecule has 1 aromatic rings. The second-order valence-corrected chi connectivity index (χ2v) is 4.10. The van der Waals surface area contributed by atoms with Crippen molar-refractivity contribution in [2.45, 2.75) is 44.9 Å². The molecule has 16 heavy (non-hydrogen) atoms. The van der Waals surface area contributed by atoms with Gasteiger partial charge in [0, 0.05) is 5.92 Å². The van der Waals surface area contributed by atoms with Crippen LogP contribution in [0.5, 0.6) is 0 Å². The summed E-state index contributed by atoms with van der Waals surface area (Å²) in [6, 6.07) is 0. The van der Waals surface area contributed by atoms with Crippen molar-refractivity contribution >= 4 is 18.4 Å². The van der Waals surface area contributed by atoms with E-state index in [1.165, 1.54) is 19.3 Å². The van der Waals surface area contributed by atoms with Crippen molar-refractivity contribution in [3.63, 3.8) is 0 Å². The van der Waals surface area contributed by atoms with Gasteiger partial charge in [0.1, 0.15) is 5.76 Å². The average Bonchev–Trinajstić information content (AvgIpc) is 2.62. The Balaban J connectivity index is 0.00000128. The highest BCUT2D eigenvalue weighted by atomic mass is 35.5. The molecule has 0 radical (unpaired) electrons. The molecule has 0 amide bonds. The number of oxazole rings is 1. The fourth-order valence-electron chi connectivity index (χ4n) is 2.14. The normalized spacial score (nSPS) is 16.8. The van der Waals surface area contributed by atoms with Gasteiger partial charge in [0.15, 0.2) is 11.6 Å².